The number of para-hydroxylation sites is 2. The van der Waals surface area contributed by atoms with Gasteiger partial charge in [0, 0.05) is 9.86 Å². The zero-order valence-corrected chi connectivity index (χ0v) is 16.1. The van der Waals surface area contributed by atoms with Crippen molar-refractivity contribution in [2.45, 2.75) is 0 Å². The van der Waals surface area contributed by atoms with Crippen molar-refractivity contribution >= 4 is 43.6 Å². The van der Waals surface area contributed by atoms with E-state index < -0.39 is 0 Å². The number of hydrogen-bond acceptors (Lipinski definition) is 3. The van der Waals surface area contributed by atoms with E-state index in [1.165, 1.54) is 12.1 Å². The molecule has 0 aliphatic carbocycles. The topological polar surface area (TPSA) is 54.2 Å². The fraction of sp³-hybridized carbons (Fsp3) is 0. The van der Waals surface area contributed by atoms with Crippen molar-refractivity contribution in [2.75, 3.05) is 0 Å². The number of aromatic nitrogens is 2. The number of hydrogen-bond donors (Lipinski definition) is 1. The van der Waals surface area contributed by atoms with Gasteiger partial charge in [-0.15, -0.1) is 0 Å². The van der Waals surface area contributed by atoms with Gasteiger partial charge in [0.15, 0.2) is 0 Å². The summed E-state index contributed by atoms with van der Waals surface area (Å²) in [6.45, 7) is 0. The molecule has 0 saturated carbocycles. The molecule has 0 radical (unpaired) electrons. The molecule has 3 aromatic carbocycles. The van der Waals surface area contributed by atoms with Crippen LogP contribution in [0.2, 0.25) is 0 Å². The minimum Gasteiger partial charge on any atom is -0.438 e. The molecule has 0 aliphatic heterocycles. The first-order chi connectivity index (χ1) is 13.7. The quantitative estimate of drug-likeness (QED) is 0.365. The lowest BCUT2D eigenvalue weighted by molar-refractivity contribution is 0.546. The number of imidazole rings is 1. The number of halogens is 2. The molecule has 5 rings (SSSR count). The van der Waals surface area contributed by atoms with E-state index in [1.54, 1.807) is 12.1 Å². The van der Waals surface area contributed by atoms with Gasteiger partial charge in [-0.25, -0.2) is 14.4 Å². The van der Waals surface area contributed by atoms with Crippen LogP contribution in [-0.2, 0) is 0 Å². The van der Waals surface area contributed by atoms with Gasteiger partial charge in [0.1, 0.15) is 17.2 Å². The highest BCUT2D eigenvalue weighted by molar-refractivity contribution is 9.10. The predicted molar refractivity (Wildman–Crippen MR) is 111 cm³/mol. The van der Waals surface area contributed by atoms with Gasteiger partial charge in [-0.05, 0) is 60.7 Å². The van der Waals surface area contributed by atoms with Crippen LogP contribution in [0.5, 0.6) is 0 Å². The maximum atomic E-state index is 13.2. The molecule has 0 unspecified atom stereocenters. The molecular formula is C22H13BrFN3O. The lowest BCUT2D eigenvalue weighted by Crippen LogP contribution is -2.06. The van der Waals surface area contributed by atoms with Gasteiger partial charge in [0.25, 0.3) is 0 Å². The summed E-state index contributed by atoms with van der Waals surface area (Å²) < 4.78 is 20.3. The first kappa shape index (κ1) is 16.9. The Morgan fingerprint density at radius 1 is 0.964 bits per heavy atom. The number of nitrogens with zero attached hydrogens (tertiary/aromatic N) is 2. The van der Waals surface area contributed by atoms with E-state index in [0.717, 1.165) is 26.5 Å². The summed E-state index contributed by atoms with van der Waals surface area (Å²) in [5.41, 5.74) is 4.22. The third kappa shape index (κ3) is 3.12. The summed E-state index contributed by atoms with van der Waals surface area (Å²) in [6, 6.07) is 21.5. The van der Waals surface area contributed by atoms with Crippen molar-refractivity contribution in [1.82, 2.24) is 9.97 Å². The number of rotatable bonds is 2. The van der Waals surface area contributed by atoms with Crippen LogP contribution in [-0.4, -0.2) is 9.97 Å². The van der Waals surface area contributed by atoms with Gasteiger partial charge in [-0.1, -0.05) is 28.1 Å². The van der Waals surface area contributed by atoms with Crippen molar-refractivity contribution in [3.05, 3.63) is 88.6 Å². The summed E-state index contributed by atoms with van der Waals surface area (Å²) in [5.74, 6) is 0.351. The summed E-state index contributed by atoms with van der Waals surface area (Å²) in [5, 5.41) is 0.919. The second kappa shape index (κ2) is 6.73. The van der Waals surface area contributed by atoms with E-state index in [1.807, 2.05) is 48.5 Å². The molecule has 2 heterocycles. The van der Waals surface area contributed by atoms with Crippen LogP contribution < -0.4 is 5.55 Å². The Hall–Kier alpha value is -3.25. The molecule has 0 amide bonds. The van der Waals surface area contributed by atoms with E-state index in [-0.39, 0.29) is 5.82 Å². The summed E-state index contributed by atoms with van der Waals surface area (Å²) in [7, 11) is 0. The molecule has 5 aromatic rings. The minimum atomic E-state index is -0.309. The third-order valence-corrected chi connectivity index (χ3v) is 4.90. The average Bonchev–Trinajstić information content (AvgIpc) is 3.13. The average molecular weight is 434 g/mol. The Kier molecular flexibility index (Phi) is 4.06. The number of nitrogens with one attached hydrogen (secondary N) is 1. The van der Waals surface area contributed by atoms with Crippen molar-refractivity contribution < 1.29 is 8.81 Å². The lowest BCUT2D eigenvalue weighted by Gasteiger charge is -2.03. The number of benzene rings is 3. The first-order valence-electron chi connectivity index (χ1n) is 8.64. The molecule has 4 nitrogen and oxygen atoms in total. The van der Waals surface area contributed by atoms with Crippen molar-refractivity contribution in [2.24, 2.45) is 4.99 Å². The number of H-pyrrole nitrogens is 1. The second-order valence-electron chi connectivity index (χ2n) is 6.34. The Morgan fingerprint density at radius 2 is 1.79 bits per heavy atom. The Bertz CT molecular complexity index is 1350. The molecule has 1 N–H and O–H groups in total. The monoisotopic (exact) mass is 433 g/mol. The first-order valence-corrected chi connectivity index (χ1v) is 9.44. The van der Waals surface area contributed by atoms with Gasteiger partial charge in [-0.3, -0.25) is 0 Å². The number of aromatic amines is 1. The molecule has 0 aliphatic rings. The fourth-order valence-corrected chi connectivity index (χ4v) is 3.45. The van der Waals surface area contributed by atoms with Crippen LogP contribution in [0.3, 0.4) is 0 Å². The van der Waals surface area contributed by atoms with E-state index >= 15 is 0 Å². The Labute approximate surface area is 167 Å². The van der Waals surface area contributed by atoms with Gasteiger partial charge in [-0.2, -0.15) is 0 Å². The molecule has 0 fully saturated rings. The summed E-state index contributed by atoms with van der Waals surface area (Å²) >= 11 is 3.50. The predicted octanol–water partition coefficient (Wildman–Crippen LogP) is 6.11. The molecule has 2 aromatic heterocycles. The second-order valence-corrected chi connectivity index (χ2v) is 7.25. The Balaban J connectivity index is 1.80. The van der Waals surface area contributed by atoms with Crippen molar-refractivity contribution in [3.63, 3.8) is 0 Å². The number of fused-ring (bicyclic) bond motifs is 2. The molecular weight excluding hydrogens is 421 g/mol. The molecule has 136 valence electrons. The van der Waals surface area contributed by atoms with Gasteiger partial charge in [0.2, 0.25) is 5.55 Å². The third-order valence-electron chi connectivity index (χ3n) is 4.41. The largest absolute Gasteiger partial charge is 0.438 e. The Morgan fingerprint density at radius 3 is 2.61 bits per heavy atom. The standard InChI is InChI=1S/C22H13BrFN3O/c23-14-5-10-20-13(11-14)12-17(21-26-18-3-1-2-4-19(18)27-21)22(28-20)25-16-8-6-15(24)7-9-16/h1-12H,(H,26,27). The van der Waals surface area contributed by atoms with Crippen LogP contribution >= 0.6 is 15.9 Å². The smallest absolute Gasteiger partial charge is 0.230 e. The lowest BCUT2D eigenvalue weighted by atomic mass is 10.2. The maximum absolute atomic E-state index is 13.2. The minimum absolute atomic E-state index is 0.309. The fourth-order valence-electron chi connectivity index (χ4n) is 3.07. The van der Waals surface area contributed by atoms with Crippen LogP contribution in [0.25, 0.3) is 33.4 Å². The van der Waals surface area contributed by atoms with Gasteiger partial charge < -0.3 is 9.40 Å². The van der Waals surface area contributed by atoms with Gasteiger partial charge in [0.05, 0.1) is 22.3 Å². The molecule has 6 heteroatoms. The van der Waals surface area contributed by atoms with E-state index in [4.69, 9.17) is 4.42 Å². The zero-order valence-electron chi connectivity index (χ0n) is 14.5. The van der Waals surface area contributed by atoms with E-state index in [9.17, 15) is 4.39 Å². The van der Waals surface area contributed by atoms with Crippen LogP contribution in [0.4, 0.5) is 10.1 Å². The molecule has 0 saturated heterocycles. The molecule has 0 spiro atoms. The maximum Gasteiger partial charge on any atom is 0.230 e. The highest BCUT2D eigenvalue weighted by Gasteiger charge is 2.12. The zero-order chi connectivity index (χ0) is 19.1. The van der Waals surface area contributed by atoms with Crippen LogP contribution in [0.15, 0.2) is 86.7 Å². The van der Waals surface area contributed by atoms with Crippen LogP contribution in [0.1, 0.15) is 0 Å². The summed E-state index contributed by atoms with van der Waals surface area (Å²) in [6.07, 6.45) is 0. The summed E-state index contributed by atoms with van der Waals surface area (Å²) in [4.78, 5) is 12.6. The van der Waals surface area contributed by atoms with Crippen molar-refractivity contribution in [3.8, 4) is 11.4 Å². The highest BCUT2D eigenvalue weighted by Crippen LogP contribution is 2.25. The molecule has 0 atom stereocenters. The normalized spacial score (nSPS) is 12.1. The molecule has 28 heavy (non-hydrogen) atoms. The van der Waals surface area contributed by atoms with E-state index in [2.05, 4.69) is 30.9 Å². The van der Waals surface area contributed by atoms with Crippen LogP contribution in [0, 0.1) is 5.82 Å². The molecule has 0 bridgehead atoms. The van der Waals surface area contributed by atoms with Crippen molar-refractivity contribution in [1.29, 1.82) is 0 Å². The van der Waals surface area contributed by atoms with Gasteiger partial charge >= 0.3 is 0 Å². The SMILES string of the molecule is Fc1ccc(N=c2oc3ccc(Br)cc3cc2-c2nc3ccccc3[nH]2)cc1. The highest BCUT2D eigenvalue weighted by atomic mass is 79.9. The van der Waals surface area contributed by atoms with E-state index in [0.29, 0.717) is 22.6 Å².